The van der Waals surface area contributed by atoms with Crippen LogP contribution in [0.2, 0.25) is 0 Å². The van der Waals surface area contributed by atoms with E-state index < -0.39 is 12.0 Å². The van der Waals surface area contributed by atoms with Crippen LogP contribution in [-0.2, 0) is 19.1 Å². The van der Waals surface area contributed by atoms with Gasteiger partial charge in [-0.15, -0.1) is 0 Å². The van der Waals surface area contributed by atoms with Crippen molar-refractivity contribution in [1.82, 2.24) is 5.32 Å². The minimum absolute atomic E-state index is 0.0181. The molecule has 1 aliphatic heterocycles. The summed E-state index contributed by atoms with van der Waals surface area (Å²) < 4.78 is 9.82. The fraction of sp³-hybridized carbons (Fsp3) is 0.400. The van der Waals surface area contributed by atoms with Gasteiger partial charge in [0.1, 0.15) is 5.75 Å². The summed E-state index contributed by atoms with van der Waals surface area (Å²) in [5, 5.41) is 2.76. The van der Waals surface area contributed by atoms with Gasteiger partial charge in [-0.3, -0.25) is 19.7 Å². The normalized spacial score (nSPS) is 17.7. The number of nitrogens with zero attached hydrogens (tertiary/aromatic N) is 1. The molecule has 22 heavy (non-hydrogen) atoms. The van der Waals surface area contributed by atoms with Crippen LogP contribution in [0.1, 0.15) is 13.3 Å². The summed E-state index contributed by atoms with van der Waals surface area (Å²) in [5.41, 5.74) is 0.483. The minimum Gasteiger partial charge on any atom is -0.497 e. The lowest BCUT2D eigenvalue weighted by Gasteiger charge is -2.15. The molecule has 2 rings (SSSR count). The van der Waals surface area contributed by atoms with Gasteiger partial charge in [0.2, 0.25) is 5.91 Å². The van der Waals surface area contributed by atoms with E-state index in [1.807, 2.05) is 0 Å². The highest BCUT2D eigenvalue weighted by Crippen LogP contribution is 2.25. The Morgan fingerprint density at radius 1 is 1.32 bits per heavy atom. The molecule has 0 radical (unpaired) electrons. The van der Waals surface area contributed by atoms with Crippen LogP contribution in [0.25, 0.3) is 0 Å². The summed E-state index contributed by atoms with van der Waals surface area (Å²) >= 11 is 0. The molecule has 1 atom stereocenters. The second kappa shape index (κ2) is 7.04. The van der Waals surface area contributed by atoms with Crippen LogP contribution in [0.3, 0.4) is 0 Å². The number of methoxy groups -OCH3 is 1. The standard InChI is InChI=1S/C15H18N2O5/c1-3-22-14(19)9-16-12-8-13(18)17(15(12)20)10-4-6-11(21-2)7-5-10/h4-7,12,16H,3,8-9H2,1-2H3/t12-/m1/s1. The zero-order valence-electron chi connectivity index (χ0n) is 12.5. The molecule has 0 aliphatic carbocycles. The second-order valence-corrected chi connectivity index (χ2v) is 4.71. The highest BCUT2D eigenvalue weighted by atomic mass is 16.5. The van der Waals surface area contributed by atoms with Gasteiger partial charge in [-0.25, -0.2) is 4.90 Å². The Kier molecular flexibility index (Phi) is 5.11. The first kappa shape index (κ1) is 16.0. The molecule has 118 valence electrons. The predicted molar refractivity (Wildman–Crippen MR) is 78.5 cm³/mol. The summed E-state index contributed by atoms with van der Waals surface area (Å²) in [4.78, 5) is 36.8. The molecule has 0 spiro atoms. The summed E-state index contributed by atoms with van der Waals surface area (Å²) in [6.45, 7) is 1.87. The number of carbonyl (C=O) groups is 3. The largest absolute Gasteiger partial charge is 0.497 e. The third-order valence-corrected chi connectivity index (χ3v) is 3.28. The van der Waals surface area contributed by atoms with Crippen LogP contribution in [0.4, 0.5) is 5.69 Å². The van der Waals surface area contributed by atoms with Crippen LogP contribution in [0.5, 0.6) is 5.75 Å². The molecular weight excluding hydrogens is 288 g/mol. The number of hydrogen-bond donors (Lipinski definition) is 1. The van der Waals surface area contributed by atoms with Crippen molar-refractivity contribution < 1.29 is 23.9 Å². The fourth-order valence-corrected chi connectivity index (χ4v) is 2.21. The van der Waals surface area contributed by atoms with E-state index in [-0.39, 0.29) is 31.4 Å². The van der Waals surface area contributed by atoms with E-state index in [1.54, 1.807) is 31.2 Å². The second-order valence-electron chi connectivity index (χ2n) is 4.71. The number of ether oxygens (including phenoxy) is 2. The molecule has 0 saturated carbocycles. The Morgan fingerprint density at radius 3 is 2.59 bits per heavy atom. The van der Waals surface area contributed by atoms with Crippen molar-refractivity contribution in [3.63, 3.8) is 0 Å². The van der Waals surface area contributed by atoms with Crippen molar-refractivity contribution in [3.05, 3.63) is 24.3 Å². The molecule has 1 saturated heterocycles. The first-order chi connectivity index (χ1) is 10.6. The van der Waals surface area contributed by atoms with Gasteiger partial charge in [-0.2, -0.15) is 0 Å². The Morgan fingerprint density at radius 2 is 2.00 bits per heavy atom. The van der Waals surface area contributed by atoms with Crippen molar-refractivity contribution in [2.24, 2.45) is 0 Å². The summed E-state index contributed by atoms with van der Waals surface area (Å²) in [6, 6.07) is 5.92. The summed E-state index contributed by atoms with van der Waals surface area (Å²) in [7, 11) is 1.54. The van der Waals surface area contributed by atoms with Crippen LogP contribution in [0, 0.1) is 0 Å². The molecule has 2 amide bonds. The molecule has 1 aliphatic rings. The Bertz CT molecular complexity index is 570. The van der Waals surface area contributed by atoms with Crippen molar-refractivity contribution in [2.75, 3.05) is 25.2 Å². The van der Waals surface area contributed by atoms with Gasteiger partial charge in [-0.05, 0) is 31.2 Å². The van der Waals surface area contributed by atoms with E-state index in [4.69, 9.17) is 9.47 Å². The lowest BCUT2D eigenvalue weighted by Crippen LogP contribution is -2.41. The van der Waals surface area contributed by atoms with Crippen molar-refractivity contribution >= 4 is 23.5 Å². The molecule has 7 heteroatoms. The molecule has 1 aromatic carbocycles. The van der Waals surface area contributed by atoms with Gasteiger partial charge in [0, 0.05) is 0 Å². The number of benzene rings is 1. The Labute approximate surface area is 128 Å². The molecule has 1 fully saturated rings. The van der Waals surface area contributed by atoms with Crippen LogP contribution in [0.15, 0.2) is 24.3 Å². The highest BCUT2D eigenvalue weighted by molar-refractivity contribution is 6.22. The molecule has 1 N–H and O–H groups in total. The maximum Gasteiger partial charge on any atom is 0.319 e. The van der Waals surface area contributed by atoms with Crippen LogP contribution < -0.4 is 15.0 Å². The number of amides is 2. The van der Waals surface area contributed by atoms with Crippen LogP contribution >= 0.6 is 0 Å². The van der Waals surface area contributed by atoms with E-state index in [2.05, 4.69) is 5.32 Å². The molecule has 0 unspecified atom stereocenters. The monoisotopic (exact) mass is 306 g/mol. The number of hydrogen-bond acceptors (Lipinski definition) is 6. The Hall–Kier alpha value is -2.41. The average molecular weight is 306 g/mol. The predicted octanol–water partition coefficient (Wildman–Crippen LogP) is 0.480. The maximum absolute atomic E-state index is 12.3. The molecule has 1 heterocycles. The third-order valence-electron chi connectivity index (χ3n) is 3.28. The summed E-state index contributed by atoms with van der Waals surface area (Å²) in [6.07, 6.45) is 0.0181. The lowest BCUT2D eigenvalue weighted by molar-refractivity contribution is -0.142. The average Bonchev–Trinajstić information content (AvgIpc) is 2.80. The molecule has 0 aromatic heterocycles. The zero-order valence-corrected chi connectivity index (χ0v) is 12.5. The highest BCUT2D eigenvalue weighted by Gasteiger charge is 2.39. The van der Waals surface area contributed by atoms with E-state index >= 15 is 0 Å². The first-order valence-electron chi connectivity index (χ1n) is 6.96. The molecule has 7 nitrogen and oxygen atoms in total. The minimum atomic E-state index is -0.709. The fourth-order valence-electron chi connectivity index (χ4n) is 2.21. The van der Waals surface area contributed by atoms with E-state index in [0.29, 0.717) is 11.4 Å². The molecular formula is C15H18N2O5. The van der Waals surface area contributed by atoms with Crippen molar-refractivity contribution in [3.8, 4) is 5.75 Å². The number of nitrogens with one attached hydrogen (secondary N) is 1. The van der Waals surface area contributed by atoms with E-state index in [1.165, 1.54) is 7.11 Å². The van der Waals surface area contributed by atoms with Gasteiger partial charge in [0.25, 0.3) is 5.91 Å². The quantitative estimate of drug-likeness (QED) is 0.608. The first-order valence-corrected chi connectivity index (χ1v) is 6.96. The number of esters is 1. The molecule has 0 bridgehead atoms. The number of imide groups is 1. The molecule has 1 aromatic rings. The lowest BCUT2D eigenvalue weighted by atomic mass is 10.2. The van der Waals surface area contributed by atoms with Crippen LogP contribution in [-0.4, -0.2) is 44.1 Å². The van der Waals surface area contributed by atoms with E-state index in [0.717, 1.165) is 4.90 Å². The van der Waals surface area contributed by atoms with Crippen molar-refractivity contribution in [1.29, 1.82) is 0 Å². The van der Waals surface area contributed by atoms with Gasteiger partial charge >= 0.3 is 5.97 Å². The number of carbonyl (C=O) groups excluding carboxylic acids is 3. The number of rotatable bonds is 6. The van der Waals surface area contributed by atoms with Gasteiger partial charge < -0.3 is 9.47 Å². The summed E-state index contributed by atoms with van der Waals surface area (Å²) in [5.74, 6) is -0.499. The van der Waals surface area contributed by atoms with E-state index in [9.17, 15) is 14.4 Å². The van der Waals surface area contributed by atoms with Gasteiger partial charge in [0.15, 0.2) is 0 Å². The smallest absolute Gasteiger partial charge is 0.319 e. The van der Waals surface area contributed by atoms with Crippen molar-refractivity contribution in [2.45, 2.75) is 19.4 Å². The maximum atomic E-state index is 12.3. The zero-order chi connectivity index (χ0) is 16.1. The SMILES string of the molecule is CCOC(=O)CN[C@@H]1CC(=O)N(c2ccc(OC)cc2)C1=O. The number of anilines is 1. The van der Waals surface area contributed by atoms with Gasteiger partial charge in [-0.1, -0.05) is 0 Å². The third kappa shape index (κ3) is 3.43. The van der Waals surface area contributed by atoms with Gasteiger partial charge in [0.05, 0.1) is 38.4 Å². The topological polar surface area (TPSA) is 84.9 Å². The Balaban J connectivity index is 2.03.